The van der Waals surface area contributed by atoms with Gasteiger partial charge in [-0.05, 0) is 46.3 Å². The van der Waals surface area contributed by atoms with Crippen LogP contribution in [0.1, 0.15) is 33.6 Å². The van der Waals surface area contributed by atoms with Crippen LogP contribution in [0.3, 0.4) is 0 Å². The van der Waals surface area contributed by atoms with E-state index in [4.69, 9.17) is 0 Å². The van der Waals surface area contributed by atoms with E-state index in [1.165, 1.54) is 12.8 Å². The second kappa shape index (κ2) is 7.43. The third-order valence-corrected chi connectivity index (χ3v) is 5.26. The Morgan fingerprint density at radius 1 is 1.22 bits per heavy atom. The lowest BCUT2D eigenvalue weighted by molar-refractivity contribution is 0.312. The highest BCUT2D eigenvalue weighted by Crippen LogP contribution is 2.08. The minimum absolute atomic E-state index is 0.0165. The highest BCUT2D eigenvalue weighted by Gasteiger charge is 2.23. The topological polar surface area (TPSA) is 61.4 Å². The summed E-state index contributed by atoms with van der Waals surface area (Å²) in [5.74, 6) is 0. The molecular formula is C12H27N3O2S. The Kier molecular flexibility index (Phi) is 6.55. The molecule has 1 aliphatic rings. The highest BCUT2D eigenvalue weighted by atomic mass is 32.2. The summed E-state index contributed by atoms with van der Waals surface area (Å²) in [7, 11) is -3.21. The quantitative estimate of drug-likeness (QED) is 0.674. The first kappa shape index (κ1) is 15.9. The van der Waals surface area contributed by atoms with Gasteiger partial charge in [-0.1, -0.05) is 6.92 Å². The lowest BCUT2D eigenvalue weighted by Crippen LogP contribution is -2.46. The largest absolute Gasteiger partial charge is 0.316 e. The van der Waals surface area contributed by atoms with E-state index >= 15 is 0 Å². The van der Waals surface area contributed by atoms with Gasteiger partial charge in [0.25, 0.3) is 0 Å². The van der Waals surface area contributed by atoms with Gasteiger partial charge in [0.1, 0.15) is 0 Å². The summed E-state index contributed by atoms with van der Waals surface area (Å²) in [6, 6.07) is -0.0165. The Hall–Kier alpha value is -0.170. The van der Waals surface area contributed by atoms with Crippen molar-refractivity contribution in [2.75, 3.05) is 32.7 Å². The van der Waals surface area contributed by atoms with Crippen LogP contribution < -0.4 is 10.0 Å². The summed E-state index contributed by atoms with van der Waals surface area (Å²) in [5.41, 5.74) is 0. The Balaban J connectivity index is 2.38. The van der Waals surface area contributed by atoms with Crippen LogP contribution in [0.4, 0.5) is 0 Å². The van der Waals surface area contributed by atoms with Crippen molar-refractivity contribution in [3.8, 4) is 0 Å². The van der Waals surface area contributed by atoms with Crippen molar-refractivity contribution in [3.63, 3.8) is 0 Å². The first-order valence-corrected chi connectivity index (χ1v) is 8.44. The minimum atomic E-state index is -3.21. The van der Waals surface area contributed by atoms with Crippen molar-refractivity contribution in [2.45, 2.75) is 44.9 Å². The maximum Gasteiger partial charge on any atom is 0.215 e. The van der Waals surface area contributed by atoms with Gasteiger partial charge < -0.3 is 10.2 Å². The van der Waals surface area contributed by atoms with E-state index in [-0.39, 0.29) is 6.04 Å². The van der Waals surface area contributed by atoms with Gasteiger partial charge in [0.15, 0.2) is 0 Å². The fourth-order valence-corrected chi connectivity index (χ4v) is 3.45. The molecule has 1 saturated heterocycles. The maximum absolute atomic E-state index is 12.1. The molecule has 0 saturated carbocycles. The smallest absolute Gasteiger partial charge is 0.215 e. The number of nitrogens with zero attached hydrogens (tertiary/aromatic N) is 1. The molecule has 0 aromatic rings. The van der Waals surface area contributed by atoms with Gasteiger partial charge in [0.2, 0.25) is 10.0 Å². The van der Waals surface area contributed by atoms with Crippen molar-refractivity contribution in [3.05, 3.63) is 0 Å². The van der Waals surface area contributed by atoms with Gasteiger partial charge in [-0.25, -0.2) is 13.1 Å². The highest BCUT2D eigenvalue weighted by molar-refractivity contribution is 7.90. The molecule has 2 unspecified atom stereocenters. The van der Waals surface area contributed by atoms with Gasteiger partial charge in [-0.2, -0.15) is 0 Å². The Morgan fingerprint density at radius 3 is 2.39 bits per heavy atom. The summed E-state index contributed by atoms with van der Waals surface area (Å²) in [6.07, 6.45) is 2.46. The summed E-state index contributed by atoms with van der Waals surface area (Å²) in [4.78, 5) is 2.32. The molecule has 0 bridgehead atoms. The fraction of sp³-hybridized carbons (Fsp3) is 1.00. The van der Waals surface area contributed by atoms with E-state index in [9.17, 15) is 8.42 Å². The standard InChI is InChI=1S/C12H27N3O2S/c1-4-13-9-12(3)18(16,17)14-11(2)10-15-7-5-6-8-15/h11-14H,4-10H2,1-3H3. The van der Waals surface area contributed by atoms with Crippen LogP contribution in [0, 0.1) is 0 Å². The monoisotopic (exact) mass is 277 g/mol. The lowest BCUT2D eigenvalue weighted by Gasteiger charge is -2.23. The van der Waals surface area contributed by atoms with Crippen molar-refractivity contribution < 1.29 is 8.42 Å². The van der Waals surface area contributed by atoms with E-state index in [0.717, 1.165) is 26.2 Å². The van der Waals surface area contributed by atoms with Crippen LogP contribution in [-0.2, 0) is 10.0 Å². The molecule has 2 N–H and O–H groups in total. The van der Waals surface area contributed by atoms with Gasteiger partial charge >= 0.3 is 0 Å². The zero-order valence-electron chi connectivity index (χ0n) is 11.8. The minimum Gasteiger partial charge on any atom is -0.316 e. The fourth-order valence-electron chi connectivity index (χ4n) is 2.24. The average molecular weight is 277 g/mol. The number of nitrogens with one attached hydrogen (secondary N) is 2. The van der Waals surface area contributed by atoms with Gasteiger partial charge in [0.05, 0.1) is 5.25 Å². The molecule has 2 atom stereocenters. The predicted octanol–water partition coefficient (Wildman–Crippen LogP) is 0.388. The second-order valence-corrected chi connectivity index (χ2v) is 7.32. The first-order chi connectivity index (χ1) is 8.45. The lowest BCUT2D eigenvalue weighted by atomic mass is 10.3. The number of hydrogen-bond acceptors (Lipinski definition) is 4. The van der Waals surface area contributed by atoms with Crippen molar-refractivity contribution >= 4 is 10.0 Å². The van der Waals surface area contributed by atoms with Crippen LogP contribution in [-0.4, -0.2) is 57.3 Å². The van der Waals surface area contributed by atoms with E-state index in [0.29, 0.717) is 6.54 Å². The molecule has 0 aromatic heterocycles. The van der Waals surface area contributed by atoms with E-state index < -0.39 is 15.3 Å². The average Bonchev–Trinajstić information content (AvgIpc) is 2.77. The molecule has 108 valence electrons. The summed E-state index contributed by atoms with van der Waals surface area (Å²) < 4.78 is 26.9. The van der Waals surface area contributed by atoms with Crippen molar-refractivity contribution in [2.24, 2.45) is 0 Å². The molecule has 5 nitrogen and oxygen atoms in total. The molecule has 0 spiro atoms. The SMILES string of the molecule is CCNCC(C)S(=O)(=O)NC(C)CN1CCCC1. The molecule has 6 heteroatoms. The van der Waals surface area contributed by atoms with E-state index in [1.807, 2.05) is 13.8 Å². The summed E-state index contributed by atoms with van der Waals surface area (Å²) in [5, 5.41) is 2.68. The molecule has 1 fully saturated rings. The van der Waals surface area contributed by atoms with Crippen LogP contribution in [0.15, 0.2) is 0 Å². The van der Waals surface area contributed by atoms with Gasteiger partial charge in [0, 0.05) is 19.1 Å². The second-order valence-electron chi connectivity index (χ2n) is 5.19. The molecule has 1 aliphatic heterocycles. The molecule has 0 radical (unpaired) electrons. The first-order valence-electron chi connectivity index (χ1n) is 6.90. The molecular weight excluding hydrogens is 250 g/mol. The zero-order valence-corrected chi connectivity index (χ0v) is 12.6. The normalized spacial score (nSPS) is 21.1. The molecule has 1 heterocycles. The molecule has 1 rings (SSSR count). The zero-order chi connectivity index (χ0) is 13.6. The summed E-state index contributed by atoms with van der Waals surface area (Å²) >= 11 is 0. The van der Waals surface area contributed by atoms with Crippen molar-refractivity contribution in [1.82, 2.24) is 14.9 Å². The van der Waals surface area contributed by atoms with E-state index in [2.05, 4.69) is 14.9 Å². The summed E-state index contributed by atoms with van der Waals surface area (Å²) in [6.45, 7) is 9.96. The Bertz CT molecular complexity index is 326. The predicted molar refractivity (Wildman–Crippen MR) is 75.2 cm³/mol. The van der Waals surface area contributed by atoms with Crippen LogP contribution in [0.25, 0.3) is 0 Å². The Labute approximate surface area is 111 Å². The molecule has 0 aromatic carbocycles. The molecule has 0 amide bonds. The van der Waals surface area contributed by atoms with Crippen LogP contribution in [0.2, 0.25) is 0 Å². The van der Waals surface area contributed by atoms with Crippen molar-refractivity contribution in [1.29, 1.82) is 0 Å². The number of rotatable bonds is 8. The van der Waals surface area contributed by atoms with Gasteiger partial charge in [-0.3, -0.25) is 0 Å². The number of hydrogen-bond donors (Lipinski definition) is 2. The maximum atomic E-state index is 12.1. The third kappa shape index (κ3) is 5.22. The molecule has 0 aliphatic carbocycles. The third-order valence-electron chi connectivity index (χ3n) is 3.31. The number of sulfonamides is 1. The van der Waals surface area contributed by atoms with E-state index in [1.54, 1.807) is 6.92 Å². The van der Waals surface area contributed by atoms with Gasteiger partial charge in [-0.15, -0.1) is 0 Å². The Morgan fingerprint density at radius 2 is 1.83 bits per heavy atom. The van der Waals surface area contributed by atoms with Crippen LogP contribution in [0.5, 0.6) is 0 Å². The molecule has 18 heavy (non-hydrogen) atoms. The number of likely N-dealkylation sites (tertiary alicyclic amines) is 1. The van der Waals surface area contributed by atoms with Crippen LogP contribution >= 0.6 is 0 Å².